The van der Waals surface area contributed by atoms with E-state index >= 15 is 0 Å². The Morgan fingerprint density at radius 3 is 2.27 bits per heavy atom. The summed E-state index contributed by atoms with van der Waals surface area (Å²) in [5.74, 6) is 0. The molecule has 0 aromatic rings. The predicted octanol–water partition coefficient (Wildman–Crippen LogP) is 2.74. The fourth-order valence-corrected chi connectivity index (χ4v) is 0.866. The lowest BCUT2D eigenvalue weighted by atomic mass is 10.3. The molecule has 84 valence electrons. The van der Waals surface area contributed by atoms with Gasteiger partial charge < -0.3 is 0 Å². The van der Waals surface area contributed by atoms with Crippen molar-refractivity contribution in [1.82, 2.24) is 0 Å². The van der Waals surface area contributed by atoms with Crippen LogP contribution in [0.1, 0.15) is 40.5 Å². The van der Waals surface area contributed by atoms with E-state index in [1.807, 2.05) is 20.8 Å². The van der Waals surface area contributed by atoms with Gasteiger partial charge >= 0.3 is 0 Å². The molecule has 0 amide bonds. The predicted molar refractivity (Wildman–Crippen MR) is 68.7 cm³/mol. The lowest BCUT2D eigenvalue weighted by Gasteiger charge is -1.84. The summed E-state index contributed by atoms with van der Waals surface area (Å²) < 4.78 is 0. The smallest absolute Gasteiger partial charge is 0.110 e. The van der Waals surface area contributed by atoms with Crippen LogP contribution in [-0.2, 0) is 0 Å². The molecule has 0 aromatic heterocycles. The molecule has 0 bridgehead atoms. The summed E-state index contributed by atoms with van der Waals surface area (Å²) in [4.78, 5) is 7.89. The summed E-state index contributed by atoms with van der Waals surface area (Å²) in [7, 11) is 0. The van der Waals surface area contributed by atoms with Crippen LogP contribution in [0.15, 0.2) is 20.2 Å². The summed E-state index contributed by atoms with van der Waals surface area (Å²) in [5, 5.41) is 7.35. The quantitative estimate of drug-likeness (QED) is 0.636. The molecule has 4 heteroatoms. The largest absolute Gasteiger partial charge is 0.267 e. The van der Waals surface area contributed by atoms with Crippen LogP contribution >= 0.6 is 0 Å². The molecule has 2 rings (SSSR count). The minimum atomic E-state index is 0.830. The van der Waals surface area contributed by atoms with E-state index in [9.17, 15) is 0 Å². The van der Waals surface area contributed by atoms with E-state index in [4.69, 9.17) is 0 Å². The van der Waals surface area contributed by atoms with E-state index in [1.54, 1.807) is 12.6 Å². The maximum Gasteiger partial charge on any atom is 0.110 e. The van der Waals surface area contributed by atoms with Crippen molar-refractivity contribution >= 4 is 24.0 Å². The van der Waals surface area contributed by atoms with E-state index in [0.717, 1.165) is 25.1 Å². The first-order valence-corrected chi connectivity index (χ1v) is 5.41. The van der Waals surface area contributed by atoms with Crippen LogP contribution in [-0.4, -0.2) is 30.5 Å². The van der Waals surface area contributed by atoms with Gasteiger partial charge in [0.25, 0.3) is 0 Å². The first kappa shape index (κ1) is 13.7. The lowest BCUT2D eigenvalue weighted by Crippen LogP contribution is -1.94. The first-order valence-electron chi connectivity index (χ1n) is 5.41. The van der Waals surface area contributed by atoms with Crippen LogP contribution in [0.2, 0.25) is 0 Å². The number of aliphatic imine (C=N–C) groups is 2. The molecular weight excluding hydrogens is 188 g/mol. The molecule has 0 unspecified atom stereocenters. The molecule has 0 aliphatic carbocycles. The summed E-state index contributed by atoms with van der Waals surface area (Å²) in [5.41, 5.74) is 2.30. The fraction of sp³-hybridized carbons (Fsp3) is 0.636. The van der Waals surface area contributed by atoms with Gasteiger partial charge in [-0.3, -0.25) is 4.99 Å². The van der Waals surface area contributed by atoms with Gasteiger partial charge in [0.1, 0.15) is 6.34 Å². The third-order valence-electron chi connectivity index (χ3n) is 1.70. The third-order valence-corrected chi connectivity index (χ3v) is 1.70. The highest BCUT2D eigenvalue weighted by Gasteiger charge is 1.95. The van der Waals surface area contributed by atoms with Crippen molar-refractivity contribution in [3.8, 4) is 0 Å². The van der Waals surface area contributed by atoms with Gasteiger partial charge in [0.15, 0.2) is 0 Å². The molecule has 0 spiro atoms. The number of rotatable bonds is 1. The van der Waals surface area contributed by atoms with Crippen molar-refractivity contribution in [2.45, 2.75) is 40.5 Å². The van der Waals surface area contributed by atoms with Crippen LogP contribution in [0, 0.1) is 0 Å². The molecule has 0 aromatic carbocycles. The summed E-state index contributed by atoms with van der Waals surface area (Å²) in [6, 6.07) is 0. The summed E-state index contributed by atoms with van der Waals surface area (Å²) >= 11 is 0. The molecular formula is C11H20N4. The molecule has 2 heterocycles. The van der Waals surface area contributed by atoms with Crippen molar-refractivity contribution in [2.24, 2.45) is 20.2 Å². The van der Waals surface area contributed by atoms with E-state index < -0.39 is 0 Å². The molecule has 0 fully saturated rings. The van der Waals surface area contributed by atoms with Crippen LogP contribution in [0.25, 0.3) is 0 Å². The van der Waals surface area contributed by atoms with Gasteiger partial charge in [-0.2, -0.15) is 10.2 Å². The van der Waals surface area contributed by atoms with Crippen molar-refractivity contribution in [1.29, 1.82) is 0 Å². The Hall–Kier alpha value is -1.32. The molecule has 4 nitrogen and oxygen atoms in total. The average molecular weight is 208 g/mol. The highest BCUT2D eigenvalue weighted by atomic mass is 15.2. The average Bonchev–Trinajstić information content (AvgIpc) is 2.93. The molecule has 15 heavy (non-hydrogen) atoms. The van der Waals surface area contributed by atoms with Gasteiger partial charge in [0, 0.05) is 24.1 Å². The Kier molecular flexibility index (Phi) is 8.43. The van der Waals surface area contributed by atoms with E-state index in [1.165, 1.54) is 5.71 Å². The molecule has 0 saturated carbocycles. The Labute approximate surface area is 91.9 Å². The van der Waals surface area contributed by atoms with Crippen molar-refractivity contribution < 1.29 is 0 Å². The Morgan fingerprint density at radius 2 is 2.07 bits per heavy atom. The minimum Gasteiger partial charge on any atom is -0.267 e. The van der Waals surface area contributed by atoms with Gasteiger partial charge in [0.05, 0.1) is 6.54 Å². The fourth-order valence-electron chi connectivity index (χ4n) is 0.866. The zero-order valence-corrected chi connectivity index (χ0v) is 10.1. The number of hydrogen-bond acceptors (Lipinski definition) is 4. The van der Waals surface area contributed by atoms with E-state index in [0.29, 0.717) is 0 Å². The lowest BCUT2D eigenvalue weighted by molar-refractivity contribution is 1.22. The maximum absolute atomic E-state index is 3.98. The molecule has 0 atom stereocenters. The van der Waals surface area contributed by atoms with Gasteiger partial charge in [-0.25, -0.2) is 4.99 Å². The van der Waals surface area contributed by atoms with Crippen LogP contribution < -0.4 is 0 Å². The molecule has 0 N–H and O–H groups in total. The van der Waals surface area contributed by atoms with Crippen LogP contribution in [0.5, 0.6) is 0 Å². The zero-order valence-electron chi connectivity index (χ0n) is 10.1. The van der Waals surface area contributed by atoms with Gasteiger partial charge in [-0.05, 0) is 13.3 Å². The second kappa shape index (κ2) is 9.24. The SMILES string of the molecule is CC.CC1=NN=CC1.CCC1=NC=NC1. The second-order valence-corrected chi connectivity index (χ2v) is 2.84. The second-order valence-electron chi connectivity index (χ2n) is 2.84. The van der Waals surface area contributed by atoms with E-state index in [2.05, 4.69) is 27.1 Å². The minimum absolute atomic E-state index is 0.830. The normalized spacial score (nSPS) is 16.0. The monoisotopic (exact) mass is 208 g/mol. The van der Waals surface area contributed by atoms with Crippen LogP contribution in [0.3, 0.4) is 0 Å². The maximum atomic E-state index is 3.98. The van der Waals surface area contributed by atoms with Gasteiger partial charge in [-0.15, -0.1) is 0 Å². The number of hydrogen-bond donors (Lipinski definition) is 0. The topological polar surface area (TPSA) is 49.4 Å². The standard InChI is InChI=1S/C5H8N2.C4H6N2.C2H6/c1-2-5-3-6-4-7-5;1-4-2-3-5-6-4;1-2/h4H,2-3H2,1H3;3H,2H2,1H3;1-2H3. The molecule has 0 radical (unpaired) electrons. The summed E-state index contributed by atoms with van der Waals surface area (Å²) in [6.45, 7) is 8.89. The molecule has 2 aliphatic rings. The number of nitrogens with zero attached hydrogens (tertiary/aromatic N) is 4. The van der Waals surface area contributed by atoms with Crippen molar-refractivity contribution in [3.63, 3.8) is 0 Å². The third kappa shape index (κ3) is 6.71. The van der Waals surface area contributed by atoms with Gasteiger partial charge in [0.2, 0.25) is 0 Å². The van der Waals surface area contributed by atoms with E-state index in [-0.39, 0.29) is 0 Å². The Morgan fingerprint density at radius 1 is 1.33 bits per heavy atom. The van der Waals surface area contributed by atoms with Gasteiger partial charge in [-0.1, -0.05) is 20.8 Å². The summed E-state index contributed by atoms with van der Waals surface area (Å²) in [6.07, 6.45) is 5.41. The van der Waals surface area contributed by atoms with Crippen molar-refractivity contribution in [3.05, 3.63) is 0 Å². The molecule has 0 saturated heterocycles. The Balaban J connectivity index is 0.000000227. The van der Waals surface area contributed by atoms with Crippen molar-refractivity contribution in [2.75, 3.05) is 6.54 Å². The zero-order chi connectivity index (χ0) is 11.5. The van der Waals surface area contributed by atoms with Crippen LogP contribution in [0.4, 0.5) is 0 Å². The highest BCUT2D eigenvalue weighted by molar-refractivity contribution is 5.96. The Bertz CT molecular complexity index is 274. The highest BCUT2D eigenvalue weighted by Crippen LogP contribution is 1.91. The first-order chi connectivity index (χ1) is 7.33. The molecule has 2 aliphatic heterocycles.